The number of unbranched alkanes of at least 4 members (excludes halogenated alkanes) is 2. The Kier molecular flexibility index (Phi) is 13.7. The summed E-state index contributed by atoms with van der Waals surface area (Å²) in [6.07, 6.45) is 4.55. The number of hydrogen-bond acceptors (Lipinski definition) is 4. The summed E-state index contributed by atoms with van der Waals surface area (Å²) >= 11 is 0. The van der Waals surface area contributed by atoms with Crippen molar-refractivity contribution in [2.24, 2.45) is 5.92 Å². The third-order valence-corrected chi connectivity index (χ3v) is 6.59. The van der Waals surface area contributed by atoms with Crippen LogP contribution in [0.2, 0.25) is 0 Å². The molecule has 37 heavy (non-hydrogen) atoms. The Bertz CT molecular complexity index is 865. The molecule has 0 spiro atoms. The molecule has 210 valence electrons. The maximum absolute atomic E-state index is 14.3. The lowest BCUT2D eigenvalue weighted by Gasteiger charge is -2.37. The SMILES string of the molecule is CCCCCN(C(=O)C(NC(=O)OC(C)(C)C)C(C)CC)C(C(=O)NC(C)CCC)c1ccccc1C. The van der Waals surface area contributed by atoms with E-state index in [1.807, 2.05) is 52.0 Å². The van der Waals surface area contributed by atoms with E-state index in [-0.39, 0.29) is 23.8 Å². The fourth-order valence-electron chi connectivity index (χ4n) is 4.37. The molecule has 0 aliphatic rings. The zero-order valence-corrected chi connectivity index (χ0v) is 24.6. The van der Waals surface area contributed by atoms with E-state index in [9.17, 15) is 14.4 Å². The van der Waals surface area contributed by atoms with Crippen molar-refractivity contribution < 1.29 is 19.1 Å². The maximum Gasteiger partial charge on any atom is 0.408 e. The van der Waals surface area contributed by atoms with Crippen LogP contribution in [0.3, 0.4) is 0 Å². The number of nitrogens with one attached hydrogen (secondary N) is 2. The first-order valence-electron chi connectivity index (χ1n) is 14.0. The predicted octanol–water partition coefficient (Wildman–Crippen LogP) is 6.30. The highest BCUT2D eigenvalue weighted by molar-refractivity contribution is 5.92. The summed E-state index contributed by atoms with van der Waals surface area (Å²) in [4.78, 5) is 42.5. The maximum atomic E-state index is 14.3. The Morgan fingerprint density at radius 1 is 0.973 bits per heavy atom. The molecule has 2 N–H and O–H groups in total. The van der Waals surface area contributed by atoms with Gasteiger partial charge in [0.15, 0.2) is 0 Å². The van der Waals surface area contributed by atoms with Gasteiger partial charge in [-0.15, -0.1) is 0 Å². The number of aryl methyl sites for hydroxylation is 1. The molecule has 0 aromatic heterocycles. The van der Waals surface area contributed by atoms with Crippen molar-refractivity contribution in [1.29, 1.82) is 0 Å². The van der Waals surface area contributed by atoms with Crippen LogP contribution in [0, 0.1) is 12.8 Å². The summed E-state index contributed by atoms with van der Waals surface area (Å²) in [5.74, 6) is -0.601. The van der Waals surface area contributed by atoms with E-state index in [2.05, 4.69) is 24.5 Å². The first-order valence-corrected chi connectivity index (χ1v) is 14.0. The monoisotopic (exact) mass is 517 g/mol. The molecule has 1 aromatic carbocycles. The number of alkyl carbamates (subject to hydrolysis) is 1. The van der Waals surface area contributed by atoms with Crippen LogP contribution in [-0.4, -0.2) is 47.0 Å². The van der Waals surface area contributed by atoms with Crippen LogP contribution in [-0.2, 0) is 14.3 Å². The van der Waals surface area contributed by atoms with Crippen molar-refractivity contribution >= 4 is 17.9 Å². The molecule has 0 heterocycles. The second-order valence-electron chi connectivity index (χ2n) is 11.2. The number of carbonyl (C=O) groups excluding carboxylic acids is 3. The highest BCUT2D eigenvalue weighted by atomic mass is 16.6. The number of nitrogens with zero attached hydrogens (tertiary/aromatic N) is 1. The Morgan fingerprint density at radius 2 is 1.62 bits per heavy atom. The normalized spacial score (nSPS) is 14.7. The first kappa shape index (κ1) is 32.5. The highest BCUT2D eigenvalue weighted by Gasteiger charge is 2.38. The van der Waals surface area contributed by atoms with Gasteiger partial charge in [-0.2, -0.15) is 0 Å². The van der Waals surface area contributed by atoms with Crippen LogP contribution in [0.15, 0.2) is 24.3 Å². The molecule has 7 nitrogen and oxygen atoms in total. The van der Waals surface area contributed by atoms with Crippen molar-refractivity contribution in [3.63, 3.8) is 0 Å². The molecular formula is C30H51N3O4. The molecule has 0 saturated carbocycles. The Labute approximate surface area is 225 Å². The molecule has 0 fully saturated rings. The van der Waals surface area contributed by atoms with Gasteiger partial charge in [0.25, 0.3) is 0 Å². The van der Waals surface area contributed by atoms with Gasteiger partial charge in [-0.3, -0.25) is 9.59 Å². The van der Waals surface area contributed by atoms with Gasteiger partial charge < -0.3 is 20.3 Å². The minimum Gasteiger partial charge on any atom is -0.444 e. The first-order chi connectivity index (χ1) is 17.4. The predicted molar refractivity (Wildman–Crippen MR) is 150 cm³/mol. The van der Waals surface area contributed by atoms with E-state index in [1.165, 1.54) is 0 Å². The van der Waals surface area contributed by atoms with Gasteiger partial charge in [0.05, 0.1) is 0 Å². The summed E-state index contributed by atoms with van der Waals surface area (Å²) in [5, 5.41) is 5.97. The Balaban J connectivity index is 3.53. The summed E-state index contributed by atoms with van der Waals surface area (Å²) < 4.78 is 5.48. The standard InChI is InChI=1S/C30H51N3O4/c1-10-13-16-20-33(28(35)25(21(4)12-3)32-29(36)37-30(7,8)9)26(24-19-15-14-18-22(24)5)27(34)31-23(6)17-11-2/h14-15,18-19,21,23,25-26H,10-13,16-17,20H2,1-9H3,(H,31,34)(H,32,36). The summed E-state index contributed by atoms with van der Waals surface area (Å²) in [7, 11) is 0. The van der Waals surface area contributed by atoms with Crippen LogP contribution >= 0.6 is 0 Å². The lowest BCUT2D eigenvalue weighted by atomic mass is 9.94. The Morgan fingerprint density at radius 3 is 2.16 bits per heavy atom. The number of amides is 3. The molecular weight excluding hydrogens is 466 g/mol. The zero-order valence-electron chi connectivity index (χ0n) is 24.6. The lowest BCUT2D eigenvalue weighted by Crippen LogP contribution is -2.55. The summed E-state index contributed by atoms with van der Waals surface area (Å²) in [6.45, 7) is 17.9. The third-order valence-electron chi connectivity index (χ3n) is 6.59. The Hall–Kier alpha value is -2.57. The fraction of sp³-hybridized carbons (Fsp3) is 0.700. The minimum absolute atomic E-state index is 0.0122. The average molecular weight is 518 g/mol. The van der Waals surface area contributed by atoms with E-state index in [0.717, 1.165) is 43.2 Å². The van der Waals surface area contributed by atoms with Crippen LogP contribution < -0.4 is 10.6 Å². The van der Waals surface area contributed by atoms with Crippen molar-refractivity contribution in [3.05, 3.63) is 35.4 Å². The topological polar surface area (TPSA) is 87.7 Å². The summed E-state index contributed by atoms with van der Waals surface area (Å²) in [5.41, 5.74) is 1.06. The quantitative estimate of drug-likeness (QED) is 0.284. The van der Waals surface area contributed by atoms with Crippen LogP contribution in [0.4, 0.5) is 4.79 Å². The van der Waals surface area contributed by atoms with Gasteiger partial charge in [0.2, 0.25) is 11.8 Å². The van der Waals surface area contributed by atoms with Crippen molar-refractivity contribution in [1.82, 2.24) is 15.5 Å². The fourth-order valence-corrected chi connectivity index (χ4v) is 4.37. The molecule has 3 amide bonds. The number of benzene rings is 1. The van der Waals surface area contributed by atoms with Crippen molar-refractivity contribution in [2.45, 2.75) is 125 Å². The third kappa shape index (κ3) is 10.7. The molecule has 4 atom stereocenters. The summed E-state index contributed by atoms with van der Waals surface area (Å²) in [6, 6.07) is 6.10. The zero-order chi connectivity index (χ0) is 28.2. The average Bonchev–Trinajstić information content (AvgIpc) is 2.81. The lowest BCUT2D eigenvalue weighted by molar-refractivity contribution is -0.143. The second kappa shape index (κ2) is 15.6. The van der Waals surface area contributed by atoms with E-state index < -0.39 is 23.8 Å². The molecule has 0 saturated heterocycles. The molecule has 4 unspecified atom stereocenters. The molecule has 0 aliphatic carbocycles. The van der Waals surface area contributed by atoms with Gasteiger partial charge >= 0.3 is 6.09 Å². The van der Waals surface area contributed by atoms with E-state index >= 15 is 0 Å². The van der Waals surface area contributed by atoms with E-state index in [1.54, 1.807) is 25.7 Å². The molecule has 7 heteroatoms. The largest absolute Gasteiger partial charge is 0.444 e. The van der Waals surface area contributed by atoms with Gasteiger partial charge in [-0.1, -0.05) is 77.6 Å². The van der Waals surface area contributed by atoms with Gasteiger partial charge in [-0.25, -0.2) is 4.79 Å². The van der Waals surface area contributed by atoms with Crippen LogP contribution in [0.5, 0.6) is 0 Å². The van der Waals surface area contributed by atoms with Crippen LogP contribution in [0.1, 0.15) is 111 Å². The second-order valence-corrected chi connectivity index (χ2v) is 11.2. The molecule has 1 aromatic rings. The molecule has 1 rings (SSSR count). The van der Waals surface area contributed by atoms with Crippen LogP contribution in [0.25, 0.3) is 0 Å². The van der Waals surface area contributed by atoms with E-state index in [0.29, 0.717) is 13.0 Å². The number of hydrogen-bond donors (Lipinski definition) is 2. The molecule has 0 aliphatic heterocycles. The van der Waals surface area contributed by atoms with Crippen molar-refractivity contribution in [3.8, 4) is 0 Å². The smallest absolute Gasteiger partial charge is 0.408 e. The van der Waals surface area contributed by atoms with Gasteiger partial charge in [0, 0.05) is 12.6 Å². The minimum atomic E-state index is -0.811. The number of rotatable bonds is 14. The van der Waals surface area contributed by atoms with Gasteiger partial charge in [-0.05, 0) is 64.5 Å². The molecule has 0 radical (unpaired) electrons. The van der Waals surface area contributed by atoms with E-state index in [4.69, 9.17) is 4.74 Å². The highest BCUT2D eigenvalue weighted by Crippen LogP contribution is 2.28. The number of carbonyl (C=O) groups is 3. The number of ether oxygens (including phenoxy) is 1. The van der Waals surface area contributed by atoms with Gasteiger partial charge in [0.1, 0.15) is 17.7 Å². The molecule has 0 bridgehead atoms. The van der Waals surface area contributed by atoms with Crippen molar-refractivity contribution in [2.75, 3.05) is 6.54 Å².